The van der Waals surface area contributed by atoms with E-state index >= 15 is 0 Å². The van der Waals surface area contributed by atoms with Crippen LogP contribution in [-0.2, 0) is 0 Å². The molecule has 110 valence electrons. The van der Waals surface area contributed by atoms with Crippen molar-refractivity contribution in [1.82, 2.24) is 19.7 Å². The van der Waals surface area contributed by atoms with Gasteiger partial charge in [-0.1, -0.05) is 23.7 Å². The van der Waals surface area contributed by atoms with Crippen LogP contribution in [0.2, 0.25) is 5.15 Å². The molecule has 2 heterocycles. The van der Waals surface area contributed by atoms with Crippen LogP contribution in [0.1, 0.15) is 12.5 Å². The first kappa shape index (κ1) is 14.2. The molecule has 0 saturated carbocycles. The van der Waals surface area contributed by atoms with Crippen LogP contribution in [0, 0.1) is 0 Å². The Labute approximate surface area is 132 Å². The van der Waals surface area contributed by atoms with Crippen LogP contribution in [0.5, 0.6) is 0 Å². The van der Waals surface area contributed by atoms with E-state index in [2.05, 4.69) is 25.7 Å². The number of halogens is 1. The molecular weight excluding hydrogens is 300 g/mol. The lowest BCUT2D eigenvalue weighted by atomic mass is 10.1. The van der Waals surface area contributed by atoms with E-state index in [4.69, 9.17) is 11.6 Å². The first-order chi connectivity index (χ1) is 10.7. The fraction of sp³-hybridized carbons (Fsp3) is 0.0667. The van der Waals surface area contributed by atoms with E-state index < -0.39 is 0 Å². The minimum Gasteiger partial charge on any atom is -0.306 e. The van der Waals surface area contributed by atoms with Gasteiger partial charge < -0.3 is 4.57 Å². The fourth-order valence-corrected chi connectivity index (χ4v) is 1.97. The molecule has 7 heteroatoms. The Bertz CT molecular complexity index is 763. The molecule has 3 rings (SSSR count). The maximum absolute atomic E-state index is 5.68. The minimum absolute atomic E-state index is 0.348. The van der Waals surface area contributed by atoms with Gasteiger partial charge in [0.1, 0.15) is 0 Å². The third kappa shape index (κ3) is 3.29. The zero-order valence-electron chi connectivity index (χ0n) is 11.8. The van der Waals surface area contributed by atoms with Crippen molar-refractivity contribution in [1.29, 1.82) is 0 Å². The van der Waals surface area contributed by atoms with E-state index in [1.54, 1.807) is 24.7 Å². The average molecular weight is 313 g/mol. The van der Waals surface area contributed by atoms with Gasteiger partial charge in [0.25, 0.3) is 0 Å². The quantitative estimate of drug-likeness (QED) is 0.593. The Morgan fingerprint density at radius 2 is 1.95 bits per heavy atom. The third-order valence-electron chi connectivity index (χ3n) is 3.06. The number of nitrogens with zero attached hydrogens (tertiary/aromatic N) is 5. The number of benzene rings is 1. The third-order valence-corrected chi connectivity index (χ3v) is 3.26. The van der Waals surface area contributed by atoms with Gasteiger partial charge >= 0.3 is 0 Å². The Balaban J connectivity index is 1.72. The van der Waals surface area contributed by atoms with E-state index in [0.717, 1.165) is 17.0 Å². The summed E-state index contributed by atoms with van der Waals surface area (Å²) < 4.78 is 1.94. The maximum Gasteiger partial charge on any atom is 0.168 e. The highest BCUT2D eigenvalue weighted by Crippen LogP contribution is 2.11. The molecule has 22 heavy (non-hydrogen) atoms. The van der Waals surface area contributed by atoms with Gasteiger partial charge in [-0.15, -0.1) is 10.2 Å². The van der Waals surface area contributed by atoms with Crippen molar-refractivity contribution in [3.63, 3.8) is 0 Å². The average Bonchev–Trinajstić information content (AvgIpc) is 3.09. The lowest BCUT2D eigenvalue weighted by Crippen LogP contribution is -2.02. The van der Waals surface area contributed by atoms with E-state index in [0.29, 0.717) is 11.0 Å². The molecule has 6 nitrogen and oxygen atoms in total. The second-order valence-corrected chi connectivity index (χ2v) is 4.95. The van der Waals surface area contributed by atoms with Crippen molar-refractivity contribution in [2.24, 2.45) is 5.10 Å². The van der Waals surface area contributed by atoms with E-state index in [9.17, 15) is 0 Å². The van der Waals surface area contributed by atoms with Gasteiger partial charge in [0.05, 0.1) is 12.0 Å². The highest BCUT2D eigenvalue weighted by Gasteiger charge is 2.00. The van der Waals surface area contributed by atoms with Gasteiger partial charge in [-0.05, 0) is 36.8 Å². The molecule has 0 spiro atoms. The van der Waals surface area contributed by atoms with Crippen molar-refractivity contribution in [2.75, 3.05) is 5.43 Å². The zero-order valence-corrected chi connectivity index (χ0v) is 12.6. The van der Waals surface area contributed by atoms with Gasteiger partial charge in [-0.2, -0.15) is 5.10 Å². The summed E-state index contributed by atoms with van der Waals surface area (Å²) in [5.74, 6) is 0.541. The van der Waals surface area contributed by atoms with Crippen molar-refractivity contribution in [3.05, 3.63) is 65.8 Å². The Hall–Kier alpha value is -2.73. The van der Waals surface area contributed by atoms with Crippen molar-refractivity contribution < 1.29 is 0 Å². The molecule has 0 fully saturated rings. The first-order valence-electron chi connectivity index (χ1n) is 6.61. The Morgan fingerprint density at radius 1 is 1.14 bits per heavy atom. The second-order valence-electron chi connectivity index (χ2n) is 4.57. The molecule has 0 aliphatic rings. The zero-order chi connectivity index (χ0) is 15.4. The standard InChI is InChI=1S/C15H13ClN6/c1-11(18-20-15-7-6-14(16)19-21-15)12-2-4-13(5-3-12)22-9-8-17-10-22/h2-10H,1H3,(H,20,21)/b18-11+. The highest BCUT2D eigenvalue weighted by atomic mass is 35.5. The predicted molar refractivity (Wildman–Crippen MR) is 86.4 cm³/mol. The number of aromatic nitrogens is 4. The summed E-state index contributed by atoms with van der Waals surface area (Å²) in [5, 5.41) is 12.3. The van der Waals surface area contributed by atoms with Gasteiger partial charge in [0.2, 0.25) is 0 Å². The van der Waals surface area contributed by atoms with Crippen LogP contribution in [-0.4, -0.2) is 25.5 Å². The van der Waals surface area contributed by atoms with Crippen LogP contribution in [0.4, 0.5) is 5.82 Å². The topological polar surface area (TPSA) is 68.0 Å². The maximum atomic E-state index is 5.68. The summed E-state index contributed by atoms with van der Waals surface area (Å²) in [6.07, 6.45) is 5.41. The van der Waals surface area contributed by atoms with Gasteiger partial charge in [-0.3, -0.25) is 5.43 Å². The van der Waals surface area contributed by atoms with Crippen LogP contribution >= 0.6 is 11.6 Å². The van der Waals surface area contributed by atoms with E-state index in [1.165, 1.54) is 0 Å². The molecule has 0 radical (unpaired) electrons. The molecule has 0 atom stereocenters. The van der Waals surface area contributed by atoms with Crippen molar-refractivity contribution in [2.45, 2.75) is 6.92 Å². The molecule has 0 amide bonds. The molecule has 0 bridgehead atoms. The number of nitrogens with one attached hydrogen (secondary N) is 1. The molecule has 1 aromatic carbocycles. The van der Waals surface area contributed by atoms with E-state index in [-0.39, 0.29) is 0 Å². The first-order valence-corrected chi connectivity index (χ1v) is 6.98. The summed E-state index contributed by atoms with van der Waals surface area (Å²) in [6.45, 7) is 1.92. The lowest BCUT2D eigenvalue weighted by molar-refractivity contribution is 1.02. The molecule has 3 aromatic rings. The normalized spacial score (nSPS) is 11.5. The monoisotopic (exact) mass is 312 g/mol. The van der Waals surface area contributed by atoms with Gasteiger partial charge in [0.15, 0.2) is 11.0 Å². The molecule has 1 N–H and O–H groups in total. The summed E-state index contributed by atoms with van der Waals surface area (Å²) >= 11 is 5.68. The summed E-state index contributed by atoms with van der Waals surface area (Å²) in [7, 11) is 0. The van der Waals surface area contributed by atoms with Crippen LogP contribution < -0.4 is 5.43 Å². The summed E-state index contributed by atoms with van der Waals surface area (Å²) in [6, 6.07) is 11.4. The molecule has 2 aromatic heterocycles. The Morgan fingerprint density at radius 3 is 2.59 bits per heavy atom. The summed E-state index contributed by atoms with van der Waals surface area (Å²) in [5.41, 5.74) is 5.75. The number of anilines is 1. The molecule has 0 aliphatic carbocycles. The minimum atomic E-state index is 0.348. The number of hydrazone groups is 1. The van der Waals surface area contributed by atoms with Gasteiger partial charge in [0, 0.05) is 18.1 Å². The van der Waals surface area contributed by atoms with Crippen LogP contribution in [0.15, 0.2) is 60.2 Å². The molecule has 0 unspecified atom stereocenters. The van der Waals surface area contributed by atoms with E-state index in [1.807, 2.05) is 42.0 Å². The fourth-order valence-electron chi connectivity index (χ4n) is 1.87. The van der Waals surface area contributed by atoms with Crippen molar-refractivity contribution >= 4 is 23.1 Å². The highest BCUT2D eigenvalue weighted by molar-refractivity contribution is 6.29. The van der Waals surface area contributed by atoms with Crippen LogP contribution in [0.25, 0.3) is 5.69 Å². The number of imidazole rings is 1. The number of rotatable bonds is 4. The van der Waals surface area contributed by atoms with Crippen molar-refractivity contribution in [3.8, 4) is 5.69 Å². The predicted octanol–water partition coefficient (Wildman–Crippen LogP) is 3.15. The smallest absolute Gasteiger partial charge is 0.168 e. The molecular formula is C15H13ClN6. The second kappa shape index (κ2) is 6.36. The van der Waals surface area contributed by atoms with Gasteiger partial charge in [-0.25, -0.2) is 4.98 Å². The number of hydrogen-bond acceptors (Lipinski definition) is 5. The lowest BCUT2D eigenvalue weighted by Gasteiger charge is -2.05. The largest absolute Gasteiger partial charge is 0.306 e. The SMILES string of the molecule is C/C(=N\Nc1ccc(Cl)nn1)c1ccc(-n2ccnc2)cc1. The van der Waals surface area contributed by atoms with Crippen LogP contribution in [0.3, 0.4) is 0 Å². The number of hydrogen-bond donors (Lipinski definition) is 1. The molecule has 0 saturated heterocycles. The Kier molecular flexibility index (Phi) is 4.11. The summed E-state index contributed by atoms with van der Waals surface area (Å²) in [4.78, 5) is 4.03. The molecule has 0 aliphatic heterocycles.